The summed E-state index contributed by atoms with van der Waals surface area (Å²) in [6, 6.07) is 20.8. The van der Waals surface area contributed by atoms with Crippen molar-refractivity contribution in [2.75, 3.05) is 30.9 Å². The molecule has 4 aromatic rings. The van der Waals surface area contributed by atoms with Gasteiger partial charge < -0.3 is 20.1 Å². The summed E-state index contributed by atoms with van der Waals surface area (Å²) in [6.07, 6.45) is 0. The molecule has 0 spiro atoms. The summed E-state index contributed by atoms with van der Waals surface area (Å²) in [5.41, 5.74) is 2.93. The molecule has 0 aliphatic heterocycles. The Labute approximate surface area is 214 Å². The van der Waals surface area contributed by atoms with Gasteiger partial charge in [-0.05, 0) is 42.8 Å². The number of nitrogens with one attached hydrogen (secondary N) is 3. The van der Waals surface area contributed by atoms with Crippen LogP contribution < -0.4 is 20.1 Å². The molecule has 0 aliphatic carbocycles. The van der Waals surface area contributed by atoms with Crippen LogP contribution in [-0.2, 0) is 0 Å². The summed E-state index contributed by atoms with van der Waals surface area (Å²) in [5, 5.41) is 24.0. The van der Waals surface area contributed by atoms with Gasteiger partial charge >= 0.3 is 0 Å². The number of nitriles is 1. The van der Waals surface area contributed by atoms with Crippen LogP contribution in [0.3, 0.4) is 0 Å². The molecule has 3 N–H and O–H groups in total. The minimum Gasteiger partial charge on any atom is -0.497 e. The Kier molecular flexibility index (Phi) is 8.79. The normalized spacial score (nSPS) is 10.1. The first-order valence-corrected chi connectivity index (χ1v) is 10.9. The van der Waals surface area contributed by atoms with Gasteiger partial charge in [0.2, 0.25) is 0 Å². The van der Waals surface area contributed by atoms with Crippen LogP contribution in [0.2, 0.25) is 5.02 Å². The van der Waals surface area contributed by atoms with E-state index in [4.69, 9.17) is 21.1 Å². The summed E-state index contributed by atoms with van der Waals surface area (Å²) in [5.74, 6) is 2.95. The summed E-state index contributed by atoms with van der Waals surface area (Å²) in [6.45, 7) is 2.67. The third-order valence-corrected chi connectivity index (χ3v) is 5.30. The number of halogens is 2. The maximum atomic E-state index is 9.98. The number of H-pyrrole nitrogens is 1. The molecule has 0 saturated carbocycles. The Morgan fingerprint density at radius 2 is 1.86 bits per heavy atom. The van der Waals surface area contributed by atoms with Gasteiger partial charge in [0.15, 0.2) is 5.82 Å². The van der Waals surface area contributed by atoms with Crippen LogP contribution in [-0.4, -0.2) is 35.4 Å². The van der Waals surface area contributed by atoms with Gasteiger partial charge in [-0.15, -0.1) is 12.4 Å². The van der Waals surface area contributed by atoms with E-state index in [0.717, 1.165) is 22.6 Å². The Bertz CT molecular complexity index is 1320. The third kappa shape index (κ3) is 6.35. The lowest BCUT2D eigenvalue weighted by Gasteiger charge is -2.15. The van der Waals surface area contributed by atoms with Gasteiger partial charge in [-0.1, -0.05) is 35.9 Å². The molecule has 2 heterocycles. The van der Waals surface area contributed by atoms with Crippen molar-refractivity contribution in [2.45, 2.75) is 6.92 Å². The van der Waals surface area contributed by atoms with E-state index in [2.05, 4.69) is 31.9 Å². The van der Waals surface area contributed by atoms with E-state index in [0.29, 0.717) is 46.9 Å². The molecule has 4 rings (SSSR count). The van der Waals surface area contributed by atoms with Crippen molar-refractivity contribution in [3.05, 3.63) is 76.9 Å². The van der Waals surface area contributed by atoms with E-state index >= 15 is 0 Å². The molecule has 0 aliphatic rings. The van der Waals surface area contributed by atoms with Gasteiger partial charge in [-0.25, -0.2) is 4.98 Å². The number of aromatic nitrogens is 3. The number of pyridine rings is 1. The van der Waals surface area contributed by atoms with E-state index in [1.165, 1.54) is 0 Å². The van der Waals surface area contributed by atoms with Crippen LogP contribution in [0.25, 0.3) is 11.1 Å². The Hall–Kier alpha value is -3.93. The number of hydrogen-bond acceptors (Lipinski definition) is 7. The molecule has 0 radical (unpaired) electrons. The van der Waals surface area contributed by atoms with Crippen molar-refractivity contribution in [1.29, 1.82) is 5.26 Å². The molecule has 0 amide bonds. The second-order valence-electron chi connectivity index (χ2n) is 7.39. The number of methoxy groups -OCH3 is 1. The fraction of sp³-hybridized carbons (Fsp3) is 0.160. The van der Waals surface area contributed by atoms with Crippen LogP contribution in [0.4, 0.5) is 17.5 Å². The second-order valence-corrected chi connectivity index (χ2v) is 7.79. The lowest BCUT2D eigenvalue weighted by molar-refractivity contribution is 0.333. The Balaban J connectivity index is 0.00000342. The molecule has 180 valence electrons. The molecular formula is C25H24Cl2N6O2. The fourth-order valence-corrected chi connectivity index (χ4v) is 3.54. The molecular weight excluding hydrogens is 487 g/mol. The van der Waals surface area contributed by atoms with E-state index in [1.54, 1.807) is 19.2 Å². The SMILES string of the molecule is COc1ccc(-c2cc(Nc3cc(C)[nH]n3)nc(NCCOc3ccccc3Cl)c2C#N)cc1.Cl. The average Bonchev–Trinajstić information content (AvgIpc) is 3.27. The number of aryl methyl sites for hydroxylation is 1. The van der Waals surface area contributed by atoms with Crippen LogP contribution >= 0.6 is 24.0 Å². The van der Waals surface area contributed by atoms with Gasteiger partial charge in [0.1, 0.15) is 41.4 Å². The minimum absolute atomic E-state index is 0. The number of hydrogen-bond donors (Lipinski definition) is 3. The zero-order valence-electron chi connectivity index (χ0n) is 19.1. The predicted octanol–water partition coefficient (Wildman–Crippen LogP) is 5.97. The largest absolute Gasteiger partial charge is 0.497 e. The van der Waals surface area contributed by atoms with Gasteiger partial charge in [0, 0.05) is 17.3 Å². The van der Waals surface area contributed by atoms with Crippen LogP contribution in [0, 0.1) is 18.3 Å². The first-order valence-electron chi connectivity index (χ1n) is 10.6. The average molecular weight is 511 g/mol. The smallest absolute Gasteiger partial charge is 0.153 e. The maximum absolute atomic E-state index is 9.98. The van der Waals surface area contributed by atoms with Crippen molar-refractivity contribution in [1.82, 2.24) is 15.2 Å². The monoisotopic (exact) mass is 510 g/mol. The van der Waals surface area contributed by atoms with Crippen LogP contribution in [0.5, 0.6) is 11.5 Å². The van der Waals surface area contributed by atoms with Crippen molar-refractivity contribution >= 4 is 41.5 Å². The van der Waals surface area contributed by atoms with E-state index in [9.17, 15) is 5.26 Å². The summed E-state index contributed by atoms with van der Waals surface area (Å²) < 4.78 is 11.0. The van der Waals surface area contributed by atoms with Crippen molar-refractivity contribution in [2.24, 2.45) is 0 Å². The lowest BCUT2D eigenvalue weighted by atomic mass is 10.0. The lowest BCUT2D eigenvalue weighted by Crippen LogP contribution is -2.14. The molecule has 0 atom stereocenters. The number of aromatic amines is 1. The highest BCUT2D eigenvalue weighted by molar-refractivity contribution is 6.32. The Morgan fingerprint density at radius 1 is 1.09 bits per heavy atom. The molecule has 8 nitrogen and oxygen atoms in total. The highest BCUT2D eigenvalue weighted by Gasteiger charge is 2.15. The van der Waals surface area contributed by atoms with E-state index in [-0.39, 0.29) is 12.4 Å². The first-order chi connectivity index (χ1) is 16.6. The molecule has 0 unspecified atom stereocenters. The van der Waals surface area contributed by atoms with Gasteiger partial charge in [0.25, 0.3) is 0 Å². The van der Waals surface area contributed by atoms with E-state index < -0.39 is 0 Å². The molecule has 2 aromatic heterocycles. The zero-order valence-corrected chi connectivity index (χ0v) is 20.7. The number of anilines is 3. The highest BCUT2D eigenvalue weighted by atomic mass is 35.5. The molecule has 2 aromatic carbocycles. The van der Waals surface area contributed by atoms with Crippen LogP contribution in [0.15, 0.2) is 60.7 Å². The number of benzene rings is 2. The highest BCUT2D eigenvalue weighted by Crippen LogP contribution is 2.32. The number of rotatable bonds is 9. The summed E-state index contributed by atoms with van der Waals surface area (Å²) >= 11 is 6.15. The standard InChI is InChI=1S/C25H23ClN6O2.ClH/c1-16-13-24(32-31-16)29-23-14-19(17-7-9-18(33-2)10-8-17)20(15-27)25(30-23)28-11-12-34-22-6-4-3-5-21(22)26;/h3-10,13-14H,11-12H2,1-2H3,(H3,28,29,30,31,32);1H. The zero-order chi connectivity index (χ0) is 23.9. The van der Waals surface area contributed by atoms with Crippen LogP contribution in [0.1, 0.15) is 11.3 Å². The summed E-state index contributed by atoms with van der Waals surface area (Å²) in [4.78, 5) is 4.63. The van der Waals surface area contributed by atoms with E-state index in [1.807, 2.05) is 55.5 Å². The number of nitrogens with zero attached hydrogens (tertiary/aromatic N) is 3. The van der Waals surface area contributed by atoms with Gasteiger partial charge in [-0.3, -0.25) is 5.10 Å². The van der Waals surface area contributed by atoms with Crippen molar-refractivity contribution < 1.29 is 9.47 Å². The number of ether oxygens (including phenoxy) is 2. The fourth-order valence-electron chi connectivity index (χ4n) is 3.35. The first kappa shape index (κ1) is 25.7. The van der Waals surface area contributed by atoms with Gasteiger partial charge in [0.05, 0.1) is 18.7 Å². The molecule has 0 fully saturated rings. The van der Waals surface area contributed by atoms with Gasteiger partial charge in [-0.2, -0.15) is 10.4 Å². The molecule has 10 heteroatoms. The third-order valence-electron chi connectivity index (χ3n) is 4.98. The molecule has 0 bridgehead atoms. The Morgan fingerprint density at radius 3 is 2.51 bits per heavy atom. The maximum Gasteiger partial charge on any atom is 0.153 e. The quantitative estimate of drug-likeness (QED) is 0.238. The second kappa shape index (κ2) is 12.0. The summed E-state index contributed by atoms with van der Waals surface area (Å²) in [7, 11) is 1.61. The predicted molar refractivity (Wildman–Crippen MR) is 140 cm³/mol. The molecule has 0 saturated heterocycles. The number of para-hydroxylation sites is 1. The molecule has 35 heavy (non-hydrogen) atoms. The topological polar surface area (TPSA) is 108 Å². The van der Waals surface area contributed by atoms with Crippen molar-refractivity contribution in [3.8, 4) is 28.7 Å². The minimum atomic E-state index is 0. The van der Waals surface area contributed by atoms with Crippen molar-refractivity contribution in [3.63, 3.8) is 0 Å².